The molecule has 0 aliphatic heterocycles. The van der Waals surface area contributed by atoms with E-state index in [1.807, 2.05) is 0 Å². The zero-order chi connectivity index (χ0) is 21.2. The number of amides is 1. The van der Waals surface area contributed by atoms with Gasteiger partial charge < -0.3 is 19.5 Å². The first-order chi connectivity index (χ1) is 13.9. The van der Waals surface area contributed by atoms with Crippen LogP contribution >= 0.6 is 0 Å². The van der Waals surface area contributed by atoms with E-state index in [-0.39, 0.29) is 36.7 Å². The number of alkyl halides is 2. The molecule has 1 saturated carbocycles. The van der Waals surface area contributed by atoms with Crippen molar-refractivity contribution in [1.29, 1.82) is 0 Å². The van der Waals surface area contributed by atoms with Gasteiger partial charge in [-0.3, -0.25) is 4.79 Å². The molecule has 2 rings (SSSR count). The van der Waals surface area contributed by atoms with Gasteiger partial charge in [0.25, 0.3) is 5.91 Å². The van der Waals surface area contributed by atoms with Crippen molar-refractivity contribution in [3.63, 3.8) is 0 Å². The monoisotopic (exact) mass is 411 g/mol. The molecule has 1 fully saturated rings. The Kier molecular flexibility index (Phi) is 8.89. The van der Waals surface area contributed by atoms with Gasteiger partial charge in [0.05, 0.1) is 6.61 Å². The standard InChI is InChI=1S/C21H27F2NO5/c1-3-27-18-12-15(8-10-17(18)29-21(22)23)9-11-20(26)28-13-19(25)24-16-7-5-4-6-14(16)2/h8-12,14,16,21H,3-7,13H2,1-2H3,(H,24,25)/b11-9+/t14-,16-/m0/s1. The van der Waals surface area contributed by atoms with Crippen LogP contribution in [0.15, 0.2) is 24.3 Å². The van der Waals surface area contributed by atoms with Gasteiger partial charge in [-0.1, -0.05) is 25.8 Å². The second kappa shape index (κ2) is 11.4. The predicted octanol–water partition coefficient (Wildman–Crippen LogP) is 3.94. The Morgan fingerprint density at radius 2 is 2.00 bits per heavy atom. The van der Waals surface area contributed by atoms with E-state index in [1.165, 1.54) is 30.7 Å². The number of carbonyl (C=O) groups is 2. The van der Waals surface area contributed by atoms with Crippen LogP contribution in [0.3, 0.4) is 0 Å². The predicted molar refractivity (Wildman–Crippen MR) is 104 cm³/mol. The van der Waals surface area contributed by atoms with Crippen molar-refractivity contribution in [1.82, 2.24) is 5.32 Å². The van der Waals surface area contributed by atoms with E-state index in [0.717, 1.165) is 25.3 Å². The van der Waals surface area contributed by atoms with Gasteiger partial charge in [0.15, 0.2) is 18.1 Å². The molecule has 1 aliphatic rings. The van der Waals surface area contributed by atoms with Crippen molar-refractivity contribution in [2.45, 2.75) is 52.2 Å². The number of halogens is 2. The summed E-state index contributed by atoms with van der Waals surface area (Å²) in [6, 6.07) is 4.43. The molecule has 0 bridgehead atoms. The minimum absolute atomic E-state index is 0.0878. The summed E-state index contributed by atoms with van der Waals surface area (Å²) in [5.74, 6) is -0.528. The SMILES string of the molecule is CCOc1cc(/C=C/C(=O)OCC(=O)N[C@H]2CCCC[C@@H]2C)ccc1OC(F)F. The van der Waals surface area contributed by atoms with E-state index in [2.05, 4.69) is 17.0 Å². The molecule has 29 heavy (non-hydrogen) atoms. The number of nitrogens with one attached hydrogen (secondary N) is 1. The van der Waals surface area contributed by atoms with Crippen molar-refractivity contribution in [3.05, 3.63) is 29.8 Å². The van der Waals surface area contributed by atoms with E-state index < -0.39 is 12.6 Å². The van der Waals surface area contributed by atoms with Crippen molar-refractivity contribution in [2.75, 3.05) is 13.2 Å². The largest absolute Gasteiger partial charge is 0.490 e. The highest BCUT2D eigenvalue weighted by Gasteiger charge is 2.23. The van der Waals surface area contributed by atoms with Crippen LogP contribution in [0.4, 0.5) is 8.78 Å². The molecule has 6 nitrogen and oxygen atoms in total. The Bertz CT molecular complexity index is 723. The van der Waals surface area contributed by atoms with Crippen LogP contribution in [-0.4, -0.2) is 37.7 Å². The molecule has 1 aromatic carbocycles. The third kappa shape index (κ3) is 7.71. The second-order valence-corrected chi connectivity index (χ2v) is 6.89. The lowest BCUT2D eigenvalue weighted by atomic mass is 9.86. The maximum Gasteiger partial charge on any atom is 0.387 e. The lowest BCUT2D eigenvalue weighted by Gasteiger charge is -2.29. The van der Waals surface area contributed by atoms with Gasteiger partial charge in [-0.2, -0.15) is 8.78 Å². The summed E-state index contributed by atoms with van der Waals surface area (Å²) >= 11 is 0. The average Bonchev–Trinajstić information content (AvgIpc) is 2.68. The van der Waals surface area contributed by atoms with E-state index in [0.29, 0.717) is 11.5 Å². The Balaban J connectivity index is 1.86. The summed E-state index contributed by atoms with van der Waals surface area (Å²) in [4.78, 5) is 23.8. The minimum atomic E-state index is -2.96. The molecular formula is C21H27F2NO5. The first-order valence-corrected chi connectivity index (χ1v) is 9.75. The van der Waals surface area contributed by atoms with E-state index in [4.69, 9.17) is 9.47 Å². The van der Waals surface area contributed by atoms with E-state index in [1.54, 1.807) is 6.92 Å². The Labute approximate surface area is 169 Å². The van der Waals surface area contributed by atoms with Crippen molar-refractivity contribution < 1.29 is 32.6 Å². The highest BCUT2D eigenvalue weighted by atomic mass is 19.3. The van der Waals surface area contributed by atoms with Crippen LogP contribution in [-0.2, 0) is 14.3 Å². The van der Waals surface area contributed by atoms with Gasteiger partial charge in [-0.05, 0) is 49.5 Å². The minimum Gasteiger partial charge on any atom is -0.490 e. The van der Waals surface area contributed by atoms with E-state index >= 15 is 0 Å². The number of hydrogen-bond donors (Lipinski definition) is 1. The van der Waals surface area contributed by atoms with Crippen LogP contribution in [0.2, 0.25) is 0 Å². The summed E-state index contributed by atoms with van der Waals surface area (Å²) in [6.45, 7) is 0.771. The molecule has 2 atom stereocenters. The summed E-state index contributed by atoms with van der Waals surface area (Å²) in [6.07, 6.45) is 6.89. The molecule has 0 radical (unpaired) electrons. The molecule has 160 valence electrons. The molecule has 1 aliphatic carbocycles. The second-order valence-electron chi connectivity index (χ2n) is 6.89. The third-order valence-corrected chi connectivity index (χ3v) is 4.70. The summed E-state index contributed by atoms with van der Waals surface area (Å²) in [7, 11) is 0. The topological polar surface area (TPSA) is 73.9 Å². The number of rotatable bonds is 9. The number of benzene rings is 1. The zero-order valence-electron chi connectivity index (χ0n) is 16.7. The molecule has 0 unspecified atom stereocenters. The third-order valence-electron chi connectivity index (χ3n) is 4.70. The number of carbonyl (C=O) groups excluding carboxylic acids is 2. The van der Waals surface area contributed by atoms with Crippen molar-refractivity contribution >= 4 is 18.0 Å². The fraction of sp³-hybridized carbons (Fsp3) is 0.524. The van der Waals surface area contributed by atoms with Crippen LogP contribution in [0.1, 0.15) is 45.1 Å². The highest BCUT2D eigenvalue weighted by Crippen LogP contribution is 2.30. The summed E-state index contributed by atoms with van der Waals surface area (Å²) < 4.78 is 39.5. The Morgan fingerprint density at radius 1 is 1.24 bits per heavy atom. The van der Waals surface area contributed by atoms with Crippen molar-refractivity contribution in [3.8, 4) is 11.5 Å². The van der Waals surface area contributed by atoms with Crippen LogP contribution in [0.5, 0.6) is 11.5 Å². The molecule has 1 amide bonds. The van der Waals surface area contributed by atoms with Crippen LogP contribution < -0.4 is 14.8 Å². The van der Waals surface area contributed by atoms with Gasteiger partial charge in [-0.15, -0.1) is 0 Å². The van der Waals surface area contributed by atoms with Gasteiger partial charge >= 0.3 is 12.6 Å². The Morgan fingerprint density at radius 3 is 2.69 bits per heavy atom. The number of esters is 1. The maximum atomic E-state index is 12.4. The fourth-order valence-electron chi connectivity index (χ4n) is 3.22. The lowest BCUT2D eigenvalue weighted by Crippen LogP contribution is -2.42. The normalized spacial score (nSPS) is 19.2. The number of ether oxygens (including phenoxy) is 3. The maximum absolute atomic E-state index is 12.4. The van der Waals surface area contributed by atoms with Crippen LogP contribution in [0, 0.1) is 5.92 Å². The zero-order valence-corrected chi connectivity index (χ0v) is 16.7. The van der Waals surface area contributed by atoms with Gasteiger partial charge in [0.1, 0.15) is 0 Å². The first-order valence-electron chi connectivity index (χ1n) is 9.75. The molecule has 1 aromatic rings. The molecule has 0 aromatic heterocycles. The summed E-state index contributed by atoms with van der Waals surface area (Å²) in [5, 5.41) is 2.91. The Hall–Kier alpha value is -2.64. The molecule has 0 heterocycles. The number of hydrogen-bond acceptors (Lipinski definition) is 5. The summed E-state index contributed by atoms with van der Waals surface area (Å²) in [5.41, 5.74) is 0.535. The van der Waals surface area contributed by atoms with Gasteiger partial charge in [0, 0.05) is 12.1 Å². The van der Waals surface area contributed by atoms with Gasteiger partial charge in [-0.25, -0.2) is 4.79 Å². The lowest BCUT2D eigenvalue weighted by molar-refractivity contribution is -0.144. The quantitative estimate of drug-likeness (QED) is 0.492. The smallest absolute Gasteiger partial charge is 0.387 e. The molecule has 8 heteroatoms. The average molecular weight is 411 g/mol. The molecule has 0 saturated heterocycles. The molecular weight excluding hydrogens is 384 g/mol. The fourth-order valence-corrected chi connectivity index (χ4v) is 3.22. The van der Waals surface area contributed by atoms with E-state index in [9.17, 15) is 18.4 Å². The van der Waals surface area contributed by atoms with Gasteiger partial charge in [0.2, 0.25) is 0 Å². The van der Waals surface area contributed by atoms with Crippen LogP contribution in [0.25, 0.3) is 6.08 Å². The first kappa shape index (κ1) is 22.6. The highest BCUT2D eigenvalue weighted by molar-refractivity contribution is 5.89. The molecule has 0 spiro atoms. The van der Waals surface area contributed by atoms with Crippen molar-refractivity contribution in [2.24, 2.45) is 5.92 Å². The molecule has 1 N–H and O–H groups in total.